The zero-order chi connectivity index (χ0) is 8.27. The lowest BCUT2D eigenvalue weighted by Crippen LogP contribution is -2.35. The molecule has 66 valence electrons. The maximum Gasteiger partial charge on any atom is 0.0585 e. The minimum atomic E-state index is 0.260. The number of hydrogen-bond acceptors (Lipinski definition) is 3. The Morgan fingerprint density at radius 2 is 2.36 bits per heavy atom. The van der Waals surface area contributed by atoms with Crippen molar-refractivity contribution in [3.8, 4) is 0 Å². The Labute approximate surface area is 68.2 Å². The van der Waals surface area contributed by atoms with Gasteiger partial charge in [-0.05, 0) is 6.42 Å². The molecule has 1 saturated heterocycles. The van der Waals surface area contributed by atoms with Gasteiger partial charge in [0.05, 0.1) is 6.61 Å². The van der Waals surface area contributed by atoms with Gasteiger partial charge in [-0.15, -0.1) is 0 Å². The second-order valence-electron chi connectivity index (χ2n) is 3.54. The molecule has 0 amide bonds. The maximum atomic E-state index is 8.83. The summed E-state index contributed by atoms with van der Waals surface area (Å²) in [7, 11) is 0. The van der Waals surface area contributed by atoms with Crippen molar-refractivity contribution in [3.63, 3.8) is 0 Å². The van der Waals surface area contributed by atoms with Gasteiger partial charge in [-0.2, -0.15) is 0 Å². The third-order valence-electron chi connectivity index (χ3n) is 2.01. The van der Waals surface area contributed by atoms with Crippen molar-refractivity contribution in [2.75, 3.05) is 13.2 Å². The molecule has 1 aliphatic rings. The van der Waals surface area contributed by atoms with E-state index < -0.39 is 0 Å². The minimum absolute atomic E-state index is 0.260. The number of aliphatic hydroxyl groups is 1. The van der Waals surface area contributed by atoms with Gasteiger partial charge in [-0.3, -0.25) is 0 Å². The van der Waals surface area contributed by atoms with Crippen LogP contribution < -0.4 is 10.6 Å². The van der Waals surface area contributed by atoms with Gasteiger partial charge in [-0.1, -0.05) is 13.8 Å². The van der Waals surface area contributed by atoms with E-state index in [0.29, 0.717) is 18.1 Å². The van der Waals surface area contributed by atoms with Gasteiger partial charge in [0.15, 0.2) is 0 Å². The van der Waals surface area contributed by atoms with Crippen LogP contribution in [0.25, 0.3) is 0 Å². The molecule has 0 spiro atoms. The van der Waals surface area contributed by atoms with Crippen molar-refractivity contribution >= 4 is 0 Å². The van der Waals surface area contributed by atoms with E-state index >= 15 is 0 Å². The van der Waals surface area contributed by atoms with Crippen molar-refractivity contribution < 1.29 is 5.11 Å². The number of nitrogens with one attached hydrogen (secondary N) is 2. The van der Waals surface area contributed by atoms with Crippen molar-refractivity contribution in [2.24, 2.45) is 0 Å². The van der Waals surface area contributed by atoms with E-state index in [0.717, 1.165) is 13.0 Å². The molecule has 0 aromatic rings. The normalized spacial score (nSPS) is 31.6. The third-order valence-corrected chi connectivity index (χ3v) is 2.01. The van der Waals surface area contributed by atoms with Crippen LogP contribution in [0.3, 0.4) is 0 Å². The second kappa shape index (κ2) is 4.04. The Bertz CT molecular complexity index is 117. The van der Waals surface area contributed by atoms with E-state index in [1.54, 1.807) is 0 Å². The van der Waals surface area contributed by atoms with Crippen LogP contribution in [-0.4, -0.2) is 36.4 Å². The van der Waals surface area contributed by atoms with Crippen LogP contribution in [0.15, 0.2) is 0 Å². The van der Waals surface area contributed by atoms with Gasteiger partial charge >= 0.3 is 0 Å². The molecule has 3 N–H and O–H groups in total. The summed E-state index contributed by atoms with van der Waals surface area (Å²) in [5.74, 6) is 0. The fourth-order valence-electron chi connectivity index (χ4n) is 1.56. The molecule has 1 rings (SSSR count). The lowest BCUT2D eigenvalue weighted by Gasteiger charge is -2.14. The fourth-order valence-corrected chi connectivity index (χ4v) is 1.56. The molecule has 0 aromatic carbocycles. The van der Waals surface area contributed by atoms with Crippen LogP contribution in [0.1, 0.15) is 20.3 Å². The van der Waals surface area contributed by atoms with E-state index in [2.05, 4.69) is 24.5 Å². The van der Waals surface area contributed by atoms with Gasteiger partial charge in [0.25, 0.3) is 0 Å². The molecule has 0 saturated carbocycles. The number of hydrogen-bond donors (Lipinski definition) is 3. The fraction of sp³-hybridized carbons (Fsp3) is 1.00. The van der Waals surface area contributed by atoms with Crippen molar-refractivity contribution in [3.05, 3.63) is 0 Å². The molecule has 2 atom stereocenters. The summed E-state index contributed by atoms with van der Waals surface area (Å²) in [4.78, 5) is 0. The summed E-state index contributed by atoms with van der Waals surface area (Å²) in [6, 6.07) is 1.40. The molecule has 0 aliphatic carbocycles. The largest absolute Gasteiger partial charge is 0.395 e. The van der Waals surface area contributed by atoms with E-state index in [4.69, 9.17) is 5.11 Å². The average Bonchev–Trinajstić information content (AvgIpc) is 2.34. The summed E-state index contributed by atoms with van der Waals surface area (Å²) >= 11 is 0. The van der Waals surface area contributed by atoms with Crippen molar-refractivity contribution in [1.82, 2.24) is 10.6 Å². The SMILES string of the molecule is CC(C)N[C@H]1CN[C@@H](CO)C1. The molecule has 0 radical (unpaired) electrons. The maximum absolute atomic E-state index is 8.83. The first-order chi connectivity index (χ1) is 5.22. The van der Waals surface area contributed by atoms with Crippen LogP contribution in [0.5, 0.6) is 0 Å². The van der Waals surface area contributed by atoms with E-state index in [1.807, 2.05) is 0 Å². The van der Waals surface area contributed by atoms with Gasteiger partial charge in [0.2, 0.25) is 0 Å². The second-order valence-corrected chi connectivity index (χ2v) is 3.54. The molecule has 3 nitrogen and oxygen atoms in total. The van der Waals surface area contributed by atoms with Gasteiger partial charge in [0.1, 0.15) is 0 Å². The molecule has 1 aliphatic heterocycles. The lowest BCUT2D eigenvalue weighted by molar-refractivity contribution is 0.253. The predicted molar refractivity (Wildman–Crippen MR) is 45.6 cm³/mol. The smallest absolute Gasteiger partial charge is 0.0585 e. The Morgan fingerprint density at radius 3 is 2.82 bits per heavy atom. The Morgan fingerprint density at radius 1 is 1.64 bits per heavy atom. The molecular formula is C8H18N2O. The van der Waals surface area contributed by atoms with E-state index in [1.165, 1.54) is 0 Å². The van der Waals surface area contributed by atoms with Gasteiger partial charge < -0.3 is 15.7 Å². The molecule has 11 heavy (non-hydrogen) atoms. The molecule has 1 fully saturated rings. The monoisotopic (exact) mass is 158 g/mol. The highest BCUT2D eigenvalue weighted by Gasteiger charge is 2.22. The number of rotatable bonds is 3. The molecule has 0 bridgehead atoms. The van der Waals surface area contributed by atoms with Crippen LogP contribution >= 0.6 is 0 Å². The highest BCUT2D eigenvalue weighted by molar-refractivity contribution is 4.86. The van der Waals surface area contributed by atoms with Crippen molar-refractivity contribution in [1.29, 1.82) is 0 Å². The van der Waals surface area contributed by atoms with E-state index in [-0.39, 0.29) is 6.61 Å². The molecule has 0 aromatic heterocycles. The Hall–Kier alpha value is -0.120. The predicted octanol–water partition coefficient (Wildman–Crippen LogP) is -0.293. The highest BCUT2D eigenvalue weighted by Crippen LogP contribution is 2.06. The summed E-state index contributed by atoms with van der Waals surface area (Å²) in [6.45, 7) is 5.54. The van der Waals surface area contributed by atoms with Crippen LogP contribution in [0.2, 0.25) is 0 Å². The number of aliphatic hydroxyl groups excluding tert-OH is 1. The summed E-state index contributed by atoms with van der Waals surface area (Å²) in [5, 5.41) is 15.5. The molecule has 0 unspecified atom stereocenters. The van der Waals surface area contributed by atoms with Gasteiger partial charge in [0, 0.05) is 24.7 Å². The highest BCUT2D eigenvalue weighted by atomic mass is 16.3. The lowest BCUT2D eigenvalue weighted by atomic mass is 10.1. The van der Waals surface area contributed by atoms with Gasteiger partial charge in [-0.25, -0.2) is 0 Å². The standard InChI is InChI=1S/C8H18N2O/c1-6(2)10-7-3-8(5-11)9-4-7/h6-11H,3-5H2,1-2H3/t7-,8-/m1/s1. The molecular weight excluding hydrogens is 140 g/mol. The molecule has 1 heterocycles. The first kappa shape index (κ1) is 8.97. The first-order valence-electron chi connectivity index (χ1n) is 4.32. The summed E-state index contributed by atoms with van der Waals surface area (Å²) in [5.41, 5.74) is 0. The van der Waals surface area contributed by atoms with Crippen molar-refractivity contribution in [2.45, 2.75) is 38.4 Å². The zero-order valence-corrected chi connectivity index (χ0v) is 7.30. The summed E-state index contributed by atoms with van der Waals surface area (Å²) in [6.07, 6.45) is 1.05. The molecule has 3 heteroatoms. The first-order valence-corrected chi connectivity index (χ1v) is 4.32. The Kier molecular flexibility index (Phi) is 3.30. The minimum Gasteiger partial charge on any atom is -0.395 e. The Balaban J connectivity index is 2.19. The summed E-state index contributed by atoms with van der Waals surface area (Å²) < 4.78 is 0. The van der Waals surface area contributed by atoms with E-state index in [9.17, 15) is 0 Å². The van der Waals surface area contributed by atoms with Crippen LogP contribution in [0.4, 0.5) is 0 Å². The zero-order valence-electron chi connectivity index (χ0n) is 7.30. The van der Waals surface area contributed by atoms with Crippen LogP contribution in [-0.2, 0) is 0 Å². The quantitative estimate of drug-likeness (QED) is 0.529. The third kappa shape index (κ3) is 2.77. The average molecular weight is 158 g/mol. The van der Waals surface area contributed by atoms with Crippen LogP contribution in [0, 0.1) is 0 Å². The topological polar surface area (TPSA) is 44.3 Å².